The minimum Gasteiger partial charge on any atom is -0.140 e. The van der Waals surface area contributed by atoms with Gasteiger partial charge in [0, 0.05) is 19.2 Å². The molecule has 244 valence electrons. The lowest BCUT2D eigenvalue weighted by atomic mass is 9.96. The Morgan fingerprint density at radius 3 is 1.11 bits per heavy atom. The summed E-state index contributed by atoms with van der Waals surface area (Å²) in [4.78, 5) is 3.11. The Morgan fingerprint density at radius 2 is 0.717 bits per heavy atom. The molecule has 0 amide bonds. The Labute approximate surface area is 286 Å². The molecule has 0 N–H and O–H groups in total. The molecule has 2 aromatic heterocycles. The zero-order chi connectivity index (χ0) is 31.6. The van der Waals surface area contributed by atoms with Crippen molar-refractivity contribution in [2.24, 2.45) is 0 Å². The molecule has 0 bridgehead atoms. The average Bonchev–Trinajstić information content (AvgIpc) is 3.66. The highest BCUT2D eigenvalue weighted by Gasteiger charge is 2.11. The van der Waals surface area contributed by atoms with Gasteiger partial charge in [-0.3, -0.25) is 0 Å². The van der Waals surface area contributed by atoms with Gasteiger partial charge >= 0.3 is 0 Å². The molecule has 0 atom stereocenters. The van der Waals surface area contributed by atoms with Gasteiger partial charge in [-0.25, -0.2) is 0 Å². The summed E-state index contributed by atoms with van der Waals surface area (Å²) in [6.45, 7) is 4.60. The number of hydrogen-bond donors (Lipinski definition) is 0. The first-order valence-corrected chi connectivity index (χ1v) is 20.6. The molecule has 6 rings (SSSR count). The highest BCUT2D eigenvalue weighted by Crippen LogP contribution is 2.39. The van der Waals surface area contributed by atoms with Crippen molar-refractivity contribution in [1.82, 2.24) is 0 Å². The van der Waals surface area contributed by atoms with Crippen LogP contribution in [0.25, 0.3) is 52.5 Å². The molecule has 0 aliphatic carbocycles. The normalized spacial score (nSPS) is 12.1. The number of unbranched alkanes of at least 4 members (excludes halogenated alkanes) is 16. The van der Waals surface area contributed by atoms with Gasteiger partial charge in [0.1, 0.15) is 0 Å². The summed E-state index contributed by atoms with van der Waals surface area (Å²) in [6, 6.07) is 24.3. The summed E-state index contributed by atoms with van der Waals surface area (Å²) in [5.41, 5.74) is 0. The van der Waals surface area contributed by atoms with E-state index in [-0.39, 0.29) is 0 Å². The Balaban J connectivity index is 1.11. The molecule has 0 saturated carbocycles. The molecule has 46 heavy (non-hydrogen) atoms. The third kappa shape index (κ3) is 8.53. The molecule has 0 saturated heterocycles. The van der Waals surface area contributed by atoms with E-state index in [1.807, 2.05) is 22.7 Å². The molecule has 0 nitrogen and oxygen atoms in total. The monoisotopic (exact) mass is 648 g/mol. The molecule has 0 aliphatic heterocycles. The summed E-state index contributed by atoms with van der Waals surface area (Å²) in [5.74, 6) is 0. The van der Waals surface area contributed by atoms with Gasteiger partial charge in [-0.2, -0.15) is 0 Å². The summed E-state index contributed by atoms with van der Waals surface area (Å²) < 4.78 is 2.89. The molecule has 0 radical (unpaired) electrons. The van der Waals surface area contributed by atoms with Crippen molar-refractivity contribution in [2.45, 2.75) is 142 Å². The first kappa shape index (κ1) is 33.5. The van der Waals surface area contributed by atoms with Gasteiger partial charge in [-0.1, -0.05) is 141 Å². The molecule has 0 fully saturated rings. The second-order valence-corrected chi connectivity index (χ2v) is 16.4. The fraction of sp³-hybridized carbons (Fsp3) is 0.500. The van der Waals surface area contributed by atoms with Gasteiger partial charge in [0.2, 0.25) is 0 Å². The quantitative estimate of drug-likeness (QED) is 0.0571. The van der Waals surface area contributed by atoms with Crippen molar-refractivity contribution >= 4 is 75.2 Å². The van der Waals surface area contributed by atoms with Crippen LogP contribution in [0.1, 0.15) is 139 Å². The predicted octanol–water partition coefficient (Wildman–Crippen LogP) is 15.7. The van der Waals surface area contributed by atoms with Crippen LogP contribution >= 0.6 is 22.7 Å². The van der Waals surface area contributed by atoms with Crippen LogP contribution in [0.2, 0.25) is 0 Å². The zero-order valence-corrected chi connectivity index (χ0v) is 30.4. The van der Waals surface area contributed by atoms with Crippen LogP contribution in [0.5, 0.6) is 0 Å². The maximum Gasteiger partial charge on any atom is 0.0352 e. The number of rotatable bonds is 20. The molecule has 0 aliphatic rings. The smallest absolute Gasteiger partial charge is 0.0352 e. The fourth-order valence-corrected chi connectivity index (χ4v) is 9.78. The number of fused-ring (bicyclic) bond motifs is 7. The average molecular weight is 649 g/mol. The van der Waals surface area contributed by atoms with Crippen LogP contribution in [0.15, 0.2) is 60.7 Å². The molecule has 6 aromatic rings. The minimum absolute atomic E-state index is 1.23. The highest BCUT2D eigenvalue weighted by atomic mass is 32.1. The van der Waals surface area contributed by atoms with Gasteiger partial charge in [0.15, 0.2) is 0 Å². The van der Waals surface area contributed by atoms with Crippen LogP contribution < -0.4 is 0 Å². The third-order valence-corrected chi connectivity index (χ3v) is 12.6. The van der Waals surface area contributed by atoms with E-state index in [0.29, 0.717) is 0 Å². The van der Waals surface area contributed by atoms with Crippen molar-refractivity contribution in [3.8, 4) is 0 Å². The highest BCUT2D eigenvalue weighted by molar-refractivity contribution is 7.19. The molecule has 2 heterocycles. The lowest BCUT2D eigenvalue weighted by Gasteiger charge is -2.08. The molecular formula is C44H56S2. The number of hydrogen-bond acceptors (Lipinski definition) is 2. The van der Waals surface area contributed by atoms with E-state index >= 15 is 0 Å². The van der Waals surface area contributed by atoms with E-state index in [0.717, 1.165) is 0 Å². The van der Waals surface area contributed by atoms with E-state index in [4.69, 9.17) is 0 Å². The van der Waals surface area contributed by atoms with Gasteiger partial charge in [-0.15, -0.1) is 22.7 Å². The van der Waals surface area contributed by atoms with Crippen LogP contribution in [0.4, 0.5) is 0 Å². The van der Waals surface area contributed by atoms with Crippen molar-refractivity contribution in [3.63, 3.8) is 0 Å². The van der Waals surface area contributed by atoms with Crippen LogP contribution in [-0.4, -0.2) is 0 Å². The molecule has 0 spiro atoms. The van der Waals surface area contributed by atoms with E-state index in [9.17, 15) is 0 Å². The Hall–Kier alpha value is -2.42. The second-order valence-electron chi connectivity index (χ2n) is 14.0. The minimum atomic E-state index is 1.23. The summed E-state index contributed by atoms with van der Waals surface area (Å²) >= 11 is 4.04. The van der Waals surface area contributed by atoms with Gasteiger partial charge in [-0.05, 0) is 105 Å². The largest absolute Gasteiger partial charge is 0.140 e. The first-order chi connectivity index (χ1) is 22.7. The van der Waals surface area contributed by atoms with E-state index in [1.165, 1.54) is 181 Å². The Bertz CT molecular complexity index is 1700. The van der Waals surface area contributed by atoms with Crippen molar-refractivity contribution in [2.75, 3.05) is 0 Å². The predicted molar refractivity (Wildman–Crippen MR) is 212 cm³/mol. The maximum atomic E-state index is 2.48. The summed E-state index contributed by atoms with van der Waals surface area (Å²) in [7, 11) is 0. The van der Waals surface area contributed by atoms with Gasteiger partial charge in [0.05, 0.1) is 0 Å². The lowest BCUT2D eigenvalue weighted by Crippen LogP contribution is -1.83. The van der Waals surface area contributed by atoms with Crippen molar-refractivity contribution < 1.29 is 0 Å². The van der Waals surface area contributed by atoms with E-state index in [1.54, 1.807) is 9.75 Å². The molecular weight excluding hydrogens is 593 g/mol. The summed E-state index contributed by atoms with van der Waals surface area (Å²) in [6.07, 6.45) is 27.6. The topological polar surface area (TPSA) is 0 Å². The maximum absolute atomic E-state index is 2.48. The van der Waals surface area contributed by atoms with Crippen LogP contribution in [0.3, 0.4) is 0 Å². The number of aryl methyl sites for hydroxylation is 2. The number of benzene rings is 4. The second kappa shape index (κ2) is 17.1. The summed E-state index contributed by atoms with van der Waals surface area (Å²) in [5, 5.41) is 11.2. The van der Waals surface area contributed by atoms with Gasteiger partial charge < -0.3 is 0 Å². The van der Waals surface area contributed by atoms with Crippen LogP contribution in [-0.2, 0) is 12.8 Å². The molecule has 4 aromatic carbocycles. The van der Waals surface area contributed by atoms with Crippen molar-refractivity contribution in [1.29, 1.82) is 0 Å². The standard InChI is InChI=1S/C44H56S2/c1-3-5-7-9-11-13-15-17-19-21-37-29-35-27-33-23-25-40-39(41(33)31-43(35)45-37)26-24-34-28-36-30-38(46-44(36)32-42(34)40)22-20-18-16-14-12-10-8-6-4-2/h23-32H,3-22H2,1-2H3. The van der Waals surface area contributed by atoms with E-state index in [2.05, 4.69) is 74.5 Å². The third-order valence-electron chi connectivity index (χ3n) is 10.3. The molecule has 2 heteroatoms. The lowest BCUT2D eigenvalue weighted by molar-refractivity contribution is 0.565. The zero-order valence-electron chi connectivity index (χ0n) is 28.7. The Kier molecular flexibility index (Phi) is 12.5. The number of thiophene rings is 2. The Morgan fingerprint density at radius 1 is 0.348 bits per heavy atom. The molecule has 0 unspecified atom stereocenters. The van der Waals surface area contributed by atoms with E-state index < -0.39 is 0 Å². The SMILES string of the molecule is CCCCCCCCCCCc1cc2cc3ccc4c5cc6sc(CCCCCCCCCCC)cc6cc5ccc4c3cc2s1. The van der Waals surface area contributed by atoms with Crippen molar-refractivity contribution in [3.05, 3.63) is 70.4 Å². The first-order valence-electron chi connectivity index (χ1n) is 19.0. The van der Waals surface area contributed by atoms with Gasteiger partial charge in [0.25, 0.3) is 0 Å². The van der Waals surface area contributed by atoms with Crippen LogP contribution in [0, 0.1) is 0 Å². The fourth-order valence-electron chi connectivity index (χ4n) is 7.52.